The van der Waals surface area contributed by atoms with E-state index in [9.17, 15) is 27.3 Å². The molecule has 4 rings (SSSR count). The number of aromatic nitrogens is 2. The van der Waals surface area contributed by atoms with Gasteiger partial charge in [-0.05, 0) is 30.3 Å². The number of nitro groups is 1. The summed E-state index contributed by atoms with van der Waals surface area (Å²) in [5, 5.41) is 14.6. The van der Waals surface area contributed by atoms with E-state index < -0.39 is 31.5 Å². The topological polar surface area (TPSA) is 123 Å². The first-order valence-electron chi connectivity index (χ1n) is 9.49. The fourth-order valence-corrected chi connectivity index (χ4v) is 4.80. The van der Waals surface area contributed by atoms with E-state index in [4.69, 9.17) is 4.52 Å². The number of benzene rings is 2. The second kappa shape index (κ2) is 8.68. The van der Waals surface area contributed by atoms with E-state index in [1.54, 1.807) is 0 Å². The maximum absolute atomic E-state index is 13.9. The lowest BCUT2D eigenvalue weighted by Gasteiger charge is -2.33. The first kappa shape index (κ1) is 21.9. The predicted molar refractivity (Wildman–Crippen MR) is 107 cm³/mol. The number of nitro benzene ring substituents is 1. The van der Waals surface area contributed by atoms with Crippen LogP contribution >= 0.6 is 0 Å². The smallest absolute Gasteiger partial charge is 0.269 e. The van der Waals surface area contributed by atoms with Gasteiger partial charge in [0.15, 0.2) is 0 Å². The quantitative estimate of drug-likeness (QED) is 0.402. The SMILES string of the molecule is O=[N+]([O-])c1ccc(-c2noc(CN3CCN(S(=O)(=O)c4cc(F)ccc4F)CC3)n2)cc1. The van der Waals surface area contributed by atoms with Gasteiger partial charge in [-0.15, -0.1) is 0 Å². The van der Waals surface area contributed by atoms with E-state index in [1.165, 1.54) is 24.3 Å². The number of hydrogen-bond donors (Lipinski definition) is 0. The number of rotatable bonds is 6. The molecule has 10 nitrogen and oxygen atoms in total. The minimum Gasteiger partial charge on any atom is -0.338 e. The summed E-state index contributed by atoms with van der Waals surface area (Å²) in [6, 6.07) is 8.04. The molecule has 1 aliphatic heterocycles. The molecule has 168 valence electrons. The molecule has 32 heavy (non-hydrogen) atoms. The molecule has 1 fully saturated rings. The Balaban J connectivity index is 1.38. The number of piperazine rings is 1. The van der Waals surface area contributed by atoms with Crippen molar-refractivity contribution in [2.75, 3.05) is 26.2 Å². The summed E-state index contributed by atoms with van der Waals surface area (Å²) in [6.45, 7) is 1.09. The zero-order valence-corrected chi connectivity index (χ0v) is 17.3. The highest BCUT2D eigenvalue weighted by Gasteiger charge is 2.31. The molecule has 2 aromatic carbocycles. The third-order valence-corrected chi connectivity index (χ3v) is 6.92. The zero-order valence-electron chi connectivity index (χ0n) is 16.5. The van der Waals surface area contributed by atoms with Crippen molar-refractivity contribution in [1.82, 2.24) is 19.3 Å². The van der Waals surface area contributed by atoms with Crippen LogP contribution in [0.1, 0.15) is 5.89 Å². The molecule has 0 amide bonds. The summed E-state index contributed by atoms with van der Waals surface area (Å²) in [4.78, 5) is 15.7. The molecule has 1 saturated heterocycles. The van der Waals surface area contributed by atoms with Crippen molar-refractivity contribution in [2.45, 2.75) is 11.4 Å². The predicted octanol–water partition coefficient (Wildman–Crippen LogP) is 2.43. The largest absolute Gasteiger partial charge is 0.338 e. The van der Waals surface area contributed by atoms with Gasteiger partial charge in [0.2, 0.25) is 21.7 Å². The monoisotopic (exact) mass is 465 g/mol. The van der Waals surface area contributed by atoms with Gasteiger partial charge in [0.05, 0.1) is 11.5 Å². The number of nitrogens with zero attached hydrogens (tertiary/aromatic N) is 5. The van der Waals surface area contributed by atoms with Gasteiger partial charge >= 0.3 is 0 Å². The van der Waals surface area contributed by atoms with Crippen LogP contribution in [0.25, 0.3) is 11.4 Å². The van der Waals surface area contributed by atoms with Crippen molar-refractivity contribution >= 4 is 15.7 Å². The average Bonchev–Trinajstić information content (AvgIpc) is 3.24. The molecule has 1 aromatic heterocycles. The van der Waals surface area contributed by atoms with Crippen LogP contribution < -0.4 is 0 Å². The molecule has 13 heteroatoms. The van der Waals surface area contributed by atoms with Crippen LogP contribution in [0, 0.1) is 21.7 Å². The molecule has 0 saturated carbocycles. The Hall–Kier alpha value is -3.29. The highest BCUT2D eigenvalue weighted by molar-refractivity contribution is 7.89. The van der Waals surface area contributed by atoms with Gasteiger partial charge in [-0.25, -0.2) is 17.2 Å². The van der Waals surface area contributed by atoms with Gasteiger partial charge in [-0.1, -0.05) is 5.16 Å². The third kappa shape index (κ3) is 4.49. The van der Waals surface area contributed by atoms with Crippen LogP contribution in [0.3, 0.4) is 0 Å². The Morgan fingerprint density at radius 3 is 2.41 bits per heavy atom. The minimum atomic E-state index is -4.16. The lowest BCUT2D eigenvalue weighted by Crippen LogP contribution is -2.48. The molecule has 0 unspecified atom stereocenters. The van der Waals surface area contributed by atoms with Crippen molar-refractivity contribution < 1.29 is 26.6 Å². The van der Waals surface area contributed by atoms with Gasteiger partial charge in [-0.3, -0.25) is 15.0 Å². The van der Waals surface area contributed by atoms with E-state index in [-0.39, 0.29) is 31.1 Å². The van der Waals surface area contributed by atoms with E-state index >= 15 is 0 Å². The Labute approximate surface area is 181 Å². The van der Waals surface area contributed by atoms with Gasteiger partial charge < -0.3 is 4.52 Å². The summed E-state index contributed by atoms with van der Waals surface area (Å²) < 4.78 is 59.0. The number of non-ortho nitro benzene ring substituents is 1. The maximum Gasteiger partial charge on any atom is 0.269 e. The second-order valence-corrected chi connectivity index (χ2v) is 8.98. The lowest BCUT2D eigenvalue weighted by atomic mass is 10.2. The highest BCUT2D eigenvalue weighted by atomic mass is 32.2. The van der Waals surface area contributed by atoms with E-state index in [0.29, 0.717) is 30.6 Å². The molecule has 0 radical (unpaired) electrons. The van der Waals surface area contributed by atoms with E-state index in [2.05, 4.69) is 10.1 Å². The maximum atomic E-state index is 13.9. The molecule has 0 aliphatic carbocycles. The molecule has 3 aromatic rings. The number of halogens is 2. The molecule has 0 bridgehead atoms. The molecule has 0 atom stereocenters. The summed E-state index contributed by atoms with van der Waals surface area (Å²) >= 11 is 0. The minimum absolute atomic E-state index is 0.0524. The van der Waals surface area contributed by atoms with Crippen LogP contribution in [-0.4, -0.2) is 58.9 Å². The van der Waals surface area contributed by atoms with Crippen molar-refractivity contribution in [2.24, 2.45) is 0 Å². The van der Waals surface area contributed by atoms with Crippen molar-refractivity contribution in [1.29, 1.82) is 0 Å². The van der Waals surface area contributed by atoms with E-state index in [0.717, 1.165) is 16.4 Å². The van der Waals surface area contributed by atoms with E-state index in [1.807, 2.05) is 4.90 Å². The summed E-state index contributed by atoms with van der Waals surface area (Å²) in [5.74, 6) is -1.26. The first-order chi connectivity index (χ1) is 15.2. The number of hydrogen-bond acceptors (Lipinski definition) is 8. The molecular formula is C19H17F2N5O5S. The molecule has 0 spiro atoms. The average molecular weight is 465 g/mol. The Morgan fingerprint density at radius 2 is 1.75 bits per heavy atom. The molecule has 2 heterocycles. The van der Waals surface area contributed by atoms with Crippen molar-refractivity contribution in [3.63, 3.8) is 0 Å². The Kier molecular flexibility index (Phi) is 5.95. The van der Waals surface area contributed by atoms with Gasteiger partial charge in [0.25, 0.3) is 5.69 Å². The number of sulfonamides is 1. The fraction of sp³-hybridized carbons (Fsp3) is 0.263. The summed E-state index contributed by atoms with van der Waals surface area (Å²) in [6.07, 6.45) is 0. The lowest BCUT2D eigenvalue weighted by molar-refractivity contribution is -0.384. The molecular weight excluding hydrogens is 448 g/mol. The van der Waals surface area contributed by atoms with Crippen LogP contribution in [0.15, 0.2) is 51.9 Å². The first-order valence-corrected chi connectivity index (χ1v) is 10.9. The van der Waals surface area contributed by atoms with Crippen LogP contribution in [0.2, 0.25) is 0 Å². The molecule has 1 aliphatic rings. The Morgan fingerprint density at radius 1 is 1.06 bits per heavy atom. The van der Waals surface area contributed by atoms with Crippen LogP contribution in [0.5, 0.6) is 0 Å². The summed E-state index contributed by atoms with van der Waals surface area (Å²) in [7, 11) is -4.16. The second-order valence-electron chi connectivity index (χ2n) is 7.07. The third-order valence-electron chi connectivity index (χ3n) is 5.01. The molecule has 0 N–H and O–H groups in total. The standard InChI is InChI=1S/C19H17F2N5O5S/c20-14-3-6-16(21)17(11-14)32(29,30)25-9-7-24(8-10-25)12-18-22-19(23-31-18)13-1-4-15(5-2-13)26(27)28/h1-6,11H,7-10,12H2. The van der Waals surface area contributed by atoms with Gasteiger partial charge in [-0.2, -0.15) is 9.29 Å². The van der Waals surface area contributed by atoms with Crippen LogP contribution in [-0.2, 0) is 16.6 Å². The Bertz CT molecular complexity index is 1240. The normalized spacial score (nSPS) is 15.7. The van der Waals surface area contributed by atoms with Gasteiger partial charge in [0.1, 0.15) is 16.5 Å². The van der Waals surface area contributed by atoms with Crippen molar-refractivity contribution in [3.8, 4) is 11.4 Å². The highest BCUT2D eigenvalue weighted by Crippen LogP contribution is 2.23. The summed E-state index contributed by atoms with van der Waals surface area (Å²) in [5.41, 5.74) is 0.502. The van der Waals surface area contributed by atoms with Gasteiger partial charge in [0, 0.05) is 43.9 Å². The zero-order chi connectivity index (χ0) is 22.9. The van der Waals surface area contributed by atoms with Crippen molar-refractivity contribution in [3.05, 3.63) is 70.1 Å². The van der Waals surface area contributed by atoms with Crippen LogP contribution in [0.4, 0.5) is 14.5 Å². The fourth-order valence-electron chi connectivity index (χ4n) is 3.30.